The minimum absolute atomic E-state index is 0.183. The Balaban J connectivity index is 2.31. The first-order chi connectivity index (χ1) is 15.1. The minimum Gasteiger partial charge on any atom is -0.399 e. The van der Waals surface area contributed by atoms with E-state index < -0.39 is 0 Å². The number of rotatable bonds is 7. The van der Waals surface area contributed by atoms with Crippen molar-refractivity contribution in [3.8, 4) is 0 Å². The molecule has 0 unspecified atom stereocenters. The van der Waals surface area contributed by atoms with Gasteiger partial charge in [-0.15, -0.1) is 0 Å². The van der Waals surface area contributed by atoms with E-state index in [4.69, 9.17) is 5.73 Å². The summed E-state index contributed by atoms with van der Waals surface area (Å²) >= 11 is 0. The molecule has 0 saturated carbocycles. The van der Waals surface area contributed by atoms with Crippen LogP contribution in [-0.4, -0.2) is 0 Å². The summed E-state index contributed by atoms with van der Waals surface area (Å²) in [4.78, 5) is 0. The van der Waals surface area contributed by atoms with Crippen LogP contribution in [0.5, 0.6) is 0 Å². The fraction of sp³-hybridized carbons (Fsp3) is 0.419. The average Bonchev–Trinajstić information content (AvgIpc) is 2.74. The van der Waals surface area contributed by atoms with E-state index >= 15 is 0 Å². The zero-order chi connectivity index (χ0) is 23.6. The Morgan fingerprint density at radius 1 is 0.406 bits per heavy atom. The molecular weight excluding hydrogens is 386 g/mol. The second kappa shape index (κ2) is 9.94. The standard InChI is InChI=1S/C31H41N/c1-19(2)24-13-25(20(3)4)16-28(15-24)31(23-9-11-30(32)12-10-23)29-17-26(21(5)6)14-27(18-29)22(7)8/h9-22,31H,32H2,1-8H3. The van der Waals surface area contributed by atoms with E-state index in [9.17, 15) is 0 Å². The van der Waals surface area contributed by atoms with Crippen molar-refractivity contribution in [3.05, 3.63) is 99.6 Å². The van der Waals surface area contributed by atoms with Crippen LogP contribution in [0.1, 0.15) is 124 Å². The fourth-order valence-corrected chi connectivity index (χ4v) is 4.34. The zero-order valence-corrected chi connectivity index (χ0v) is 21.2. The maximum absolute atomic E-state index is 6.06. The third-order valence-corrected chi connectivity index (χ3v) is 6.60. The van der Waals surface area contributed by atoms with Crippen LogP contribution in [0.4, 0.5) is 5.69 Å². The molecule has 0 spiro atoms. The van der Waals surface area contributed by atoms with Gasteiger partial charge >= 0.3 is 0 Å². The summed E-state index contributed by atoms with van der Waals surface area (Å²) in [5, 5.41) is 0. The predicted octanol–water partition coefficient (Wildman–Crippen LogP) is 8.94. The van der Waals surface area contributed by atoms with E-state index in [-0.39, 0.29) is 5.92 Å². The number of benzene rings is 3. The summed E-state index contributed by atoms with van der Waals surface area (Å²) in [5.74, 6) is 2.16. The molecule has 2 N–H and O–H groups in total. The SMILES string of the molecule is CC(C)c1cc(C(C)C)cc(C(c2ccc(N)cc2)c2cc(C(C)C)cc(C(C)C)c2)c1. The van der Waals surface area contributed by atoms with E-state index in [1.165, 1.54) is 38.9 Å². The Bertz CT molecular complexity index is 923. The highest BCUT2D eigenvalue weighted by molar-refractivity contribution is 5.51. The predicted molar refractivity (Wildman–Crippen MR) is 141 cm³/mol. The highest BCUT2D eigenvalue weighted by atomic mass is 14.5. The number of nitrogens with two attached hydrogens (primary N) is 1. The van der Waals surface area contributed by atoms with Gasteiger partial charge in [0.25, 0.3) is 0 Å². The Morgan fingerprint density at radius 2 is 0.688 bits per heavy atom. The summed E-state index contributed by atoms with van der Waals surface area (Å²) in [6.45, 7) is 18.3. The van der Waals surface area contributed by atoms with E-state index in [0.717, 1.165) is 5.69 Å². The average molecular weight is 428 g/mol. The van der Waals surface area contributed by atoms with Gasteiger partial charge in [0.1, 0.15) is 0 Å². The van der Waals surface area contributed by atoms with Gasteiger partial charge in [0.05, 0.1) is 0 Å². The third-order valence-electron chi connectivity index (χ3n) is 6.60. The first kappa shape index (κ1) is 24.1. The van der Waals surface area contributed by atoms with Gasteiger partial charge in [-0.1, -0.05) is 104 Å². The second-order valence-electron chi connectivity index (χ2n) is 10.6. The van der Waals surface area contributed by atoms with Crippen molar-refractivity contribution in [1.82, 2.24) is 0 Å². The quantitative estimate of drug-likeness (QED) is 0.295. The van der Waals surface area contributed by atoms with Crippen molar-refractivity contribution < 1.29 is 0 Å². The van der Waals surface area contributed by atoms with Gasteiger partial charge in [-0.2, -0.15) is 0 Å². The van der Waals surface area contributed by atoms with Gasteiger partial charge < -0.3 is 5.73 Å². The molecule has 0 aliphatic heterocycles. The summed E-state index contributed by atoms with van der Waals surface area (Å²) in [7, 11) is 0. The molecule has 3 rings (SSSR count). The molecule has 170 valence electrons. The Kier molecular flexibility index (Phi) is 7.49. The van der Waals surface area contributed by atoms with Crippen molar-refractivity contribution >= 4 is 5.69 Å². The van der Waals surface area contributed by atoms with Gasteiger partial charge in [-0.25, -0.2) is 0 Å². The monoisotopic (exact) mass is 427 g/mol. The molecule has 0 aromatic heterocycles. The lowest BCUT2D eigenvalue weighted by Crippen LogP contribution is -2.08. The number of anilines is 1. The third kappa shape index (κ3) is 5.44. The molecule has 3 aromatic carbocycles. The minimum atomic E-state index is 0.183. The molecule has 3 aromatic rings. The van der Waals surface area contributed by atoms with Crippen molar-refractivity contribution in [1.29, 1.82) is 0 Å². The molecule has 0 amide bonds. The van der Waals surface area contributed by atoms with Crippen molar-refractivity contribution in [2.75, 3.05) is 5.73 Å². The van der Waals surface area contributed by atoms with Gasteiger partial charge in [-0.3, -0.25) is 0 Å². The van der Waals surface area contributed by atoms with E-state index in [0.29, 0.717) is 23.7 Å². The Labute approximate surface area is 196 Å². The summed E-state index contributed by atoms with van der Waals surface area (Å²) in [6.07, 6.45) is 0. The lowest BCUT2D eigenvalue weighted by Gasteiger charge is -2.25. The summed E-state index contributed by atoms with van der Waals surface area (Å²) < 4.78 is 0. The molecule has 1 heteroatoms. The van der Waals surface area contributed by atoms with Crippen LogP contribution in [0.3, 0.4) is 0 Å². The molecule has 0 bridgehead atoms. The summed E-state index contributed by atoms with van der Waals surface area (Å²) in [5.41, 5.74) is 16.6. The lowest BCUT2D eigenvalue weighted by atomic mass is 9.79. The van der Waals surface area contributed by atoms with E-state index in [1.807, 2.05) is 12.1 Å². The first-order valence-electron chi connectivity index (χ1n) is 12.2. The maximum Gasteiger partial charge on any atom is 0.0340 e. The van der Waals surface area contributed by atoms with Gasteiger partial charge in [0.2, 0.25) is 0 Å². The van der Waals surface area contributed by atoms with Crippen molar-refractivity contribution in [2.24, 2.45) is 0 Å². The van der Waals surface area contributed by atoms with E-state index in [2.05, 4.69) is 104 Å². The highest BCUT2D eigenvalue weighted by Crippen LogP contribution is 2.38. The van der Waals surface area contributed by atoms with Gasteiger partial charge in [0, 0.05) is 11.6 Å². The highest BCUT2D eigenvalue weighted by Gasteiger charge is 2.21. The fourth-order valence-electron chi connectivity index (χ4n) is 4.34. The first-order valence-corrected chi connectivity index (χ1v) is 12.2. The normalized spacial score (nSPS) is 12.0. The van der Waals surface area contributed by atoms with Gasteiger partial charge in [-0.05, 0) is 74.7 Å². The molecule has 0 saturated heterocycles. The van der Waals surface area contributed by atoms with Crippen LogP contribution in [0, 0.1) is 0 Å². The Hall–Kier alpha value is -2.54. The largest absolute Gasteiger partial charge is 0.399 e. The number of nitrogen functional groups attached to an aromatic ring is 1. The van der Waals surface area contributed by atoms with Crippen LogP contribution in [0.2, 0.25) is 0 Å². The molecule has 0 heterocycles. The number of hydrogen-bond acceptors (Lipinski definition) is 1. The smallest absolute Gasteiger partial charge is 0.0340 e. The molecule has 0 atom stereocenters. The second-order valence-corrected chi connectivity index (χ2v) is 10.6. The van der Waals surface area contributed by atoms with Crippen LogP contribution >= 0.6 is 0 Å². The van der Waals surface area contributed by atoms with Crippen LogP contribution < -0.4 is 5.73 Å². The van der Waals surface area contributed by atoms with Crippen molar-refractivity contribution in [3.63, 3.8) is 0 Å². The Morgan fingerprint density at radius 3 is 0.969 bits per heavy atom. The van der Waals surface area contributed by atoms with Crippen molar-refractivity contribution in [2.45, 2.75) is 85.0 Å². The summed E-state index contributed by atoms with van der Waals surface area (Å²) in [6, 6.07) is 23.0. The lowest BCUT2D eigenvalue weighted by molar-refractivity contribution is 0.811. The van der Waals surface area contributed by atoms with Gasteiger partial charge in [0.15, 0.2) is 0 Å². The molecule has 0 aliphatic rings. The zero-order valence-electron chi connectivity index (χ0n) is 21.2. The van der Waals surface area contributed by atoms with Crippen LogP contribution in [-0.2, 0) is 0 Å². The van der Waals surface area contributed by atoms with Crippen LogP contribution in [0.25, 0.3) is 0 Å². The maximum atomic E-state index is 6.06. The van der Waals surface area contributed by atoms with E-state index in [1.54, 1.807) is 0 Å². The number of hydrogen-bond donors (Lipinski definition) is 1. The van der Waals surface area contributed by atoms with Crippen LogP contribution in [0.15, 0.2) is 60.7 Å². The molecular formula is C31H41N. The molecule has 0 aliphatic carbocycles. The molecule has 32 heavy (non-hydrogen) atoms. The molecule has 0 fully saturated rings. The molecule has 1 nitrogen and oxygen atoms in total. The molecule has 0 radical (unpaired) electrons. The topological polar surface area (TPSA) is 26.0 Å².